The fourth-order valence-electron chi connectivity index (χ4n) is 0.337. The number of aromatic nitrogens is 1. The van der Waals surface area contributed by atoms with Crippen LogP contribution in [-0.2, 0) is 0 Å². The molecule has 0 spiro atoms. The van der Waals surface area contributed by atoms with Gasteiger partial charge in [0.05, 0.1) is 0 Å². The van der Waals surface area contributed by atoms with Crippen molar-refractivity contribution in [2.24, 2.45) is 0 Å². The monoisotopic (exact) mass is 132 g/mol. The SMILES string of the molecule is Nc1[c-]cccn1.[K+]. The number of rotatable bonds is 0. The minimum absolute atomic E-state index is 0. The molecule has 0 unspecified atom stereocenters. The number of nitrogens with two attached hydrogens (primary N) is 1. The average Bonchev–Trinajstić information content (AvgIpc) is 1.69. The van der Waals surface area contributed by atoms with E-state index in [-0.39, 0.29) is 51.4 Å². The zero-order chi connectivity index (χ0) is 5.11. The molecule has 3 heteroatoms. The molecule has 0 radical (unpaired) electrons. The first-order valence-corrected chi connectivity index (χ1v) is 1.98. The van der Waals surface area contributed by atoms with Crippen molar-refractivity contribution >= 4 is 5.82 Å². The summed E-state index contributed by atoms with van der Waals surface area (Å²) in [6.07, 6.45) is 1.63. The van der Waals surface area contributed by atoms with Crippen LogP contribution in [0.3, 0.4) is 0 Å². The van der Waals surface area contributed by atoms with Gasteiger partial charge in [-0.1, -0.05) is 6.20 Å². The van der Waals surface area contributed by atoms with E-state index in [9.17, 15) is 0 Å². The molecule has 0 amide bonds. The van der Waals surface area contributed by atoms with E-state index in [4.69, 9.17) is 5.73 Å². The summed E-state index contributed by atoms with van der Waals surface area (Å²) >= 11 is 0. The van der Waals surface area contributed by atoms with Crippen LogP contribution in [0.5, 0.6) is 0 Å². The van der Waals surface area contributed by atoms with Crippen molar-refractivity contribution in [3.05, 3.63) is 24.4 Å². The van der Waals surface area contributed by atoms with Crippen LogP contribution in [0, 0.1) is 6.07 Å². The van der Waals surface area contributed by atoms with Gasteiger partial charge in [-0.15, -0.1) is 0 Å². The van der Waals surface area contributed by atoms with Crippen molar-refractivity contribution in [3.63, 3.8) is 0 Å². The topological polar surface area (TPSA) is 38.9 Å². The number of nitrogens with zero attached hydrogens (tertiary/aromatic N) is 1. The molecule has 2 N–H and O–H groups in total. The molecule has 0 atom stereocenters. The van der Waals surface area contributed by atoms with Gasteiger partial charge in [-0.3, -0.25) is 4.98 Å². The molecule has 36 valence electrons. The van der Waals surface area contributed by atoms with Gasteiger partial charge in [-0.05, 0) is 0 Å². The van der Waals surface area contributed by atoms with Crippen molar-refractivity contribution in [1.82, 2.24) is 4.98 Å². The first kappa shape index (κ1) is 8.59. The Kier molecular flexibility index (Phi) is 4.79. The first-order valence-electron chi connectivity index (χ1n) is 1.98. The van der Waals surface area contributed by atoms with Gasteiger partial charge in [-0.2, -0.15) is 6.07 Å². The normalized spacial score (nSPS) is 7.50. The van der Waals surface area contributed by atoms with Crippen LogP contribution in [-0.4, -0.2) is 4.98 Å². The molecular formula is C5H5KN2. The Morgan fingerprint density at radius 2 is 2.38 bits per heavy atom. The molecule has 0 saturated carbocycles. The fourth-order valence-corrected chi connectivity index (χ4v) is 0.337. The number of hydrogen-bond acceptors (Lipinski definition) is 2. The van der Waals surface area contributed by atoms with Gasteiger partial charge in [0.15, 0.2) is 0 Å². The minimum atomic E-state index is 0. The molecule has 0 saturated heterocycles. The Balaban J connectivity index is 0.000000490. The Hall–Kier alpha value is 0.586. The van der Waals surface area contributed by atoms with E-state index in [1.165, 1.54) is 0 Å². The van der Waals surface area contributed by atoms with E-state index >= 15 is 0 Å². The largest absolute Gasteiger partial charge is 1.00 e. The zero-order valence-electron chi connectivity index (χ0n) is 4.76. The number of anilines is 1. The van der Waals surface area contributed by atoms with E-state index < -0.39 is 0 Å². The molecule has 1 rings (SSSR count). The Morgan fingerprint density at radius 1 is 1.62 bits per heavy atom. The number of pyridine rings is 1. The summed E-state index contributed by atoms with van der Waals surface area (Å²) in [6, 6.07) is 6.20. The first-order chi connectivity index (χ1) is 3.39. The molecule has 8 heavy (non-hydrogen) atoms. The summed E-state index contributed by atoms with van der Waals surface area (Å²) in [4.78, 5) is 3.70. The maximum atomic E-state index is 5.19. The van der Waals surface area contributed by atoms with E-state index in [1.54, 1.807) is 18.3 Å². The predicted octanol–water partition coefficient (Wildman–Crippen LogP) is -2.53. The smallest absolute Gasteiger partial charge is 0.399 e. The molecule has 0 fully saturated rings. The quantitative estimate of drug-likeness (QED) is 0.312. The third-order valence-electron chi connectivity index (χ3n) is 0.627. The van der Waals surface area contributed by atoms with Crippen molar-refractivity contribution in [2.45, 2.75) is 0 Å². The molecule has 0 aliphatic heterocycles. The number of nitrogen functional groups attached to an aromatic ring is 1. The van der Waals surface area contributed by atoms with Crippen LogP contribution in [0.25, 0.3) is 0 Å². The molecular weight excluding hydrogens is 127 g/mol. The maximum absolute atomic E-state index is 5.19. The molecule has 1 aromatic heterocycles. The Morgan fingerprint density at radius 3 is 2.62 bits per heavy atom. The van der Waals surface area contributed by atoms with Crippen molar-refractivity contribution in [2.75, 3.05) is 5.73 Å². The van der Waals surface area contributed by atoms with Crippen LogP contribution < -0.4 is 57.1 Å². The van der Waals surface area contributed by atoms with Crippen LogP contribution >= 0.6 is 0 Å². The summed E-state index contributed by atoms with van der Waals surface area (Å²) in [5.41, 5.74) is 5.19. The zero-order valence-corrected chi connectivity index (χ0v) is 7.88. The molecule has 0 aromatic carbocycles. The molecule has 1 heterocycles. The van der Waals surface area contributed by atoms with Crippen LogP contribution in [0.15, 0.2) is 18.3 Å². The molecule has 1 aromatic rings. The van der Waals surface area contributed by atoms with Gasteiger partial charge in [0, 0.05) is 5.82 Å². The van der Waals surface area contributed by atoms with Crippen molar-refractivity contribution in [1.29, 1.82) is 0 Å². The Bertz CT molecular complexity index is 140. The van der Waals surface area contributed by atoms with Gasteiger partial charge >= 0.3 is 51.4 Å². The third-order valence-corrected chi connectivity index (χ3v) is 0.627. The van der Waals surface area contributed by atoms with E-state index in [0.717, 1.165) is 0 Å². The van der Waals surface area contributed by atoms with Gasteiger partial charge in [0.25, 0.3) is 0 Å². The summed E-state index contributed by atoms with van der Waals surface area (Å²) in [5.74, 6) is 0.447. The molecule has 0 bridgehead atoms. The van der Waals surface area contributed by atoms with Gasteiger partial charge in [-0.25, -0.2) is 12.1 Å². The summed E-state index contributed by atoms with van der Waals surface area (Å²) in [6.45, 7) is 0. The van der Waals surface area contributed by atoms with Gasteiger partial charge in [0.1, 0.15) is 0 Å². The van der Waals surface area contributed by atoms with Crippen LogP contribution in [0.2, 0.25) is 0 Å². The standard InChI is InChI=1S/C5H5N2.K/c6-5-3-1-2-4-7-5;/h1-2,4H,(H2,6,7);/q-1;+1. The molecule has 0 aliphatic rings. The molecule has 2 nitrogen and oxygen atoms in total. The predicted molar refractivity (Wildman–Crippen MR) is 27.5 cm³/mol. The minimum Gasteiger partial charge on any atom is -0.399 e. The maximum Gasteiger partial charge on any atom is 1.00 e. The van der Waals surface area contributed by atoms with E-state index in [2.05, 4.69) is 11.1 Å². The van der Waals surface area contributed by atoms with Crippen molar-refractivity contribution in [3.8, 4) is 0 Å². The number of hydrogen-bond donors (Lipinski definition) is 1. The summed E-state index contributed by atoms with van der Waals surface area (Å²) < 4.78 is 0. The summed E-state index contributed by atoms with van der Waals surface area (Å²) in [7, 11) is 0. The van der Waals surface area contributed by atoms with E-state index in [1.807, 2.05) is 0 Å². The second kappa shape index (κ2) is 4.46. The second-order valence-electron chi connectivity index (χ2n) is 1.17. The average molecular weight is 132 g/mol. The van der Waals surface area contributed by atoms with E-state index in [0.29, 0.717) is 5.82 Å². The van der Waals surface area contributed by atoms with Crippen LogP contribution in [0.4, 0.5) is 5.82 Å². The van der Waals surface area contributed by atoms with Crippen LogP contribution in [0.1, 0.15) is 0 Å². The Labute approximate surface area is 90.9 Å². The molecule has 0 aliphatic carbocycles. The van der Waals surface area contributed by atoms with Gasteiger partial charge in [0.2, 0.25) is 0 Å². The summed E-state index contributed by atoms with van der Waals surface area (Å²) in [5, 5.41) is 0. The third kappa shape index (κ3) is 2.79. The van der Waals surface area contributed by atoms with Gasteiger partial charge < -0.3 is 5.73 Å². The van der Waals surface area contributed by atoms with Crippen molar-refractivity contribution < 1.29 is 51.4 Å². The second-order valence-corrected chi connectivity index (χ2v) is 1.17. The fraction of sp³-hybridized carbons (Fsp3) is 0.